The maximum absolute atomic E-state index is 10.1. The number of aromatic hydroxyl groups is 1. The Kier molecular flexibility index (Phi) is 6.99. The number of allylic oxidation sites excluding steroid dienone is 2. The first kappa shape index (κ1) is 21.4. The van der Waals surface area contributed by atoms with Crippen molar-refractivity contribution < 1.29 is 14.8 Å². The van der Waals surface area contributed by atoms with E-state index in [-0.39, 0.29) is 6.10 Å². The number of phenols is 1. The normalized spacial score (nSPS) is 17.7. The van der Waals surface area contributed by atoms with Gasteiger partial charge in [0.2, 0.25) is 0 Å². The maximum atomic E-state index is 10.1. The Morgan fingerprint density at radius 1 is 1.24 bits per heavy atom. The molecular formula is C25H31BO3. The average Bonchev–Trinajstić information content (AvgIpc) is 2.72. The molecule has 1 atom stereocenters. The molecule has 0 fully saturated rings. The Hall–Kier alpha value is -2.30. The van der Waals surface area contributed by atoms with E-state index in [4.69, 9.17) is 4.65 Å². The highest BCUT2D eigenvalue weighted by molar-refractivity contribution is 6.43. The van der Waals surface area contributed by atoms with E-state index in [1.807, 2.05) is 30.3 Å². The molecule has 3 nitrogen and oxygen atoms in total. The summed E-state index contributed by atoms with van der Waals surface area (Å²) in [4.78, 5) is 0. The van der Waals surface area contributed by atoms with Crippen LogP contribution in [0.2, 0.25) is 6.32 Å². The molecule has 0 aliphatic carbocycles. The molecule has 152 valence electrons. The number of fused-ring (bicyclic) bond motifs is 1. The number of hydrogen-bond donors (Lipinski definition) is 2. The first-order valence-electron chi connectivity index (χ1n) is 10.5. The van der Waals surface area contributed by atoms with Crippen LogP contribution in [0, 0.1) is 5.92 Å². The molecule has 4 heteroatoms. The summed E-state index contributed by atoms with van der Waals surface area (Å²) in [6.07, 6.45) is 7.34. The Balaban J connectivity index is 1.81. The number of benzene rings is 2. The van der Waals surface area contributed by atoms with E-state index >= 15 is 0 Å². The van der Waals surface area contributed by atoms with E-state index < -0.39 is 7.12 Å². The minimum absolute atomic E-state index is 0.125. The maximum Gasteiger partial charge on any atom is 0.458 e. The lowest BCUT2D eigenvalue weighted by molar-refractivity contribution is 0.182. The number of hydrogen-bond acceptors (Lipinski definition) is 3. The van der Waals surface area contributed by atoms with Gasteiger partial charge in [-0.25, -0.2) is 0 Å². The third kappa shape index (κ3) is 5.01. The van der Waals surface area contributed by atoms with Gasteiger partial charge in [-0.3, -0.25) is 0 Å². The van der Waals surface area contributed by atoms with Crippen LogP contribution >= 0.6 is 0 Å². The molecule has 0 amide bonds. The fourth-order valence-electron chi connectivity index (χ4n) is 3.89. The Labute approximate surface area is 174 Å². The van der Waals surface area contributed by atoms with Crippen LogP contribution in [0.1, 0.15) is 45.6 Å². The highest BCUT2D eigenvalue weighted by atomic mass is 16.5. The summed E-state index contributed by atoms with van der Waals surface area (Å²) in [7, 11) is -0.737. The zero-order valence-electron chi connectivity index (χ0n) is 17.7. The topological polar surface area (TPSA) is 49.7 Å². The van der Waals surface area contributed by atoms with Crippen LogP contribution in [0.15, 0.2) is 65.8 Å². The predicted molar refractivity (Wildman–Crippen MR) is 123 cm³/mol. The number of rotatable bonds is 7. The standard InChI is InChI=1S/C25H31BO3/c1-5-19(16-20-11-12-24(27)23-9-7-6-8-22(20)23)10-13-25-21(18(4)17(2)3)14-15-26(28)29-25/h6-9,11-12,14,16-17,25,27-28H,4-5,10,13,15H2,1-3H3/b19-16+. The molecule has 1 unspecified atom stereocenters. The van der Waals surface area contributed by atoms with E-state index in [9.17, 15) is 10.1 Å². The second-order valence-electron chi connectivity index (χ2n) is 8.07. The molecule has 0 saturated heterocycles. The molecule has 1 heterocycles. The summed E-state index contributed by atoms with van der Waals surface area (Å²) in [5.41, 5.74) is 4.66. The molecule has 0 saturated carbocycles. The van der Waals surface area contributed by atoms with E-state index in [1.165, 1.54) is 5.57 Å². The molecular weight excluding hydrogens is 359 g/mol. The molecule has 2 N–H and O–H groups in total. The van der Waals surface area contributed by atoms with Crippen molar-refractivity contribution in [2.45, 2.75) is 52.5 Å². The Morgan fingerprint density at radius 2 is 1.97 bits per heavy atom. The van der Waals surface area contributed by atoms with E-state index in [1.54, 1.807) is 6.07 Å². The third-order valence-corrected chi connectivity index (χ3v) is 5.75. The molecule has 2 aromatic rings. The zero-order chi connectivity index (χ0) is 21.0. The van der Waals surface area contributed by atoms with Gasteiger partial charge in [0.05, 0.1) is 6.10 Å². The summed E-state index contributed by atoms with van der Waals surface area (Å²) < 4.78 is 5.87. The van der Waals surface area contributed by atoms with Crippen LogP contribution in [0.4, 0.5) is 0 Å². The number of phenolic OH excluding ortho intramolecular Hbond substituents is 1. The Morgan fingerprint density at radius 3 is 2.66 bits per heavy atom. The van der Waals surface area contributed by atoms with Crippen molar-refractivity contribution in [3.63, 3.8) is 0 Å². The smallest absolute Gasteiger partial charge is 0.458 e. The summed E-state index contributed by atoms with van der Waals surface area (Å²) in [5, 5.41) is 22.0. The van der Waals surface area contributed by atoms with Crippen molar-refractivity contribution in [2.24, 2.45) is 5.92 Å². The van der Waals surface area contributed by atoms with Crippen LogP contribution in [-0.4, -0.2) is 23.4 Å². The fraction of sp³-hybridized carbons (Fsp3) is 0.360. The fourth-order valence-corrected chi connectivity index (χ4v) is 3.89. The van der Waals surface area contributed by atoms with Crippen molar-refractivity contribution in [3.05, 3.63) is 71.3 Å². The molecule has 29 heavy (non-hydrogen) atoms. The van der Waals surface area contributed by atoms with Crippen LogP contribution in [0.5, 0.6) is 5.75 Å². The van der Waals surface area contributed by atoms with Gasteiger partial charge in [0, 0.05) is 11.7 Å². The monoisotopic (exact) mass is 390 g/mol. The molecule has 1 aliphatic rings. The zero-order valence-corrected chi connectivity index (χ0v) is 17.7. The van der Waals surface area contributed by atoms with Crippen LogP contribution in [-0.2, 0) is 4.65 Å². The first-order chi connectivity index (χ1) is 13.9. The van der Waals surface area contributed by atoms with E-state index in [0.717, 1.165) is 46.7 Å². The molecule has 3 rings (SSSR count). The van der Waals surface area contributed by atoms with Gasteiger partial charge in [-0.15, -0.1) is 0 Å². The molecule has 0 bridgehead atoms. The van der Waals surface area contributed by atoms with Crippen molar-refractivity contribution >= 4 is 24.0 Å². The van der Waals surface area contributed by atoms with E-state index in [0.29, 0.717) is 18.0 Å². The summed E-state index contributed by atoms with van der Waals surface area (Å²) >= 11 is 0. The molecule has 2 aromatic carbocycles. The second kappa shape index (κ2) is 9.47. The lowest BCUT2D eigenvalue weighted by Gasteiger charge is -2.29. The van der Waals surface area contributed by atoms with Crippen molar-refractivity contribution in [1.29, 1.82) is 0 Å². The highest BCUT2D eigenvalue weighted by Gasteiger charge is 2.28. The average molecular weight is 390 g/mol. The highest BCUT2D eigenvalue weighted by Crippen LogP contribution is 2.33. The van der Waals surface area contributed by atoms with Gasteiger partial charge in [0.15, 0.2) is 0 Å². The quantitative estimate of drug-likeness (QED) is 0.559. The lowest BCUT2D eigenvalue weighted by Crippen LogP contribution is -2.32. The van der Waals surface area contributed by atoms with Gasteiger partial charge >= 0.3 is 7.12 Å². The summed E-state index contributed by atoms with van der Waals surface area (Å²) in [6, 6.07) is 11.7. The summed E-state index contributed by atoms with van der Waals surface area (Å²) in [5.74, 6) is 0.662. The third-order valence-electron chi connectivity index (χ3n) is 5.75. The minimum Gasteiger partial charge on any atom is -0.507 e. The molecule has 1 aliphatic heterocycles. The van der Waals surface area contributed by atoms with Gasteiger partial charge in [-0.2, -0.15) is 0 Å². The van der Waals surface area contributed by atoms with Crippen LogP contribution in [0.25, 0.3) is 16.8 Å². The summed E-state index contributed by atoms with van der Waals surface area (Å²) in [6.45, 7) is 10.7. The minimum atomic E-state index is -0.737. The molecule has 0 radical (unpaired) electrons. The van der Waals surface area contributed by atoms with Gasteiger partial charge < -0.3 is 14.8 Å². The van der Waals surface area contributed by atoms with Gasteiger partial charge in [-0.05, 0) is 53.3 Å². The van der Waals surface area contributed by atoms with Gasteiger partial charge in [0.25, 0.3) is 0 Å². The van der Waals surface area contributed by atoms with Crippen LogP contribution in [0.3, 0.4) is 0 Å². The van der Waals surface area contributed by atoms with E-state index in [2.05, 4.69) is 39.5 Å². The van der Waals surface area contributed by atoms with Crippen molar-refractivity contribution in [2.75, 3.05) is 0 Å². The largest absolute Gasteiger partial charge is 0.507 e. The SMILES string of the molecule is C=C(C1=CCB(O)OC1CC/C(=C/c1ccc(O)c2ccccc12)CC)C(C)C. The van der Waals surface area contributed by atoms with Crippen LogP contribution < -0.4 is 0 Å². The van der Waals surface area contributed by atoms with Gasteiger partial charge in [-0.1, -0.05) is 75.4 Å². The first-order valence-corrected chi connectivity index (χ1v) is 10.5. The molecule has 0 spiro atoms. The second-order valence-corrected chi connectivity index (χ2v) is 8.07. The predicted octanol–water partition coefficient (Wildman–Crippen LogP) is 6.14. The lowest BCUT2D eigenvalue weighted by atomic mass is 9.76. The van der Waals surface area contributed by atoms with Crippen molar-refractivity contribution in [3.8, 4) is 5.75 Å². The van der Waals surface area contributed by atoms with Gasteiger partial charge in [0.1, 0.15) is 5.75 Å². The molecule has 0 aromatic heterocycles. The van der Waals surface area contributed by atoms with Crippen molar-refractivity contribution in [1.82, 2.24) is 0 Å². The Bertz CT molecular complexity index is 942.